The van der Waals surface area contributed by atoms with E-state index in [9.17, 15) is 0 Å². The first-order valence-corrected chi connectivity index (χ1v) is 2.73. The second kappa shape index (κ2) is 4.13. The standard InChI is InChI=1S/C7H10BN/c1-4-7(8)5-6(2)9-3/h4-5H,1H2,2-3H3/b7-5+,9-6?. The molecule has 0 aliphatic carbocycles. The van der Waals surface area contributed by atoms with Gasteiger partial charge in [0.15, 0.2) is 0 Å². The topological polar surface area (TPSA) is 12.4 Å². The molecule has 0 saturated carbocycles. The molecule has 46 valence electrons. The van der Waals surface area contributed by atoms with E-state index in [4.69, 9.17) is 7.85 Å². The van der Waals surface area contributed by atoms with Crippen molar-refractivity contribution in [2.24, 2.45) is 4.99 Å². The molecular weight excluding hydrogens is 109 g/mol. The average molecular weight is 119 g/mol. The van der Waals surface area contributed by atoms with Crippen molar-refractivity contribution < 1.29 is 0 Å². The van der Waals surface area contributed by atoms with Gasteiger partial charge in [0.05, 0.1) is 0 Å². The number of rotatable bonds is 2. The minimum absolute atomic E-state index is 0.651. The molecule has 0 aromatic carbocycles. The summed E-state index contributed by atoms with van der Waals surface area (Å²) in [4.78, 5) is 3.89. The molecule has 0 amide bonds. The lowest BCUT2D eigenvalue weighted by Gasteiger charge is -1.89. The molecule has 2 radical (unpaired) electrons. The zero-order valence-electron chi connectivity index (χ0n) is 5.89. The van der Waals surface area contributed by atoms with Crippen LogP contribution >= 0.6 is 0 Å². The van der Waals surface area contributed by atoms with Gasteiger partial charge in [0.1, 0.15) is 7.85 Å². The Balaban J connectivity index is 4.11. The van der Waals surface area contributed by atoms with Crippen LogP contribution in [0.3, 0.4) is 0 Å². The van der Waals surface area contributed by atoms with Crippen LogP contribution in [-0.2, 0) is 0 Å². The molecule has 9 heavy (non-hydrogen) atoms. The quantitative estimate of drug-likeness (QED) is 0.295. The summed E-state index contributed by atoms with van der Waals surface area (Å²) in [6.45, 7) is 5.38. The molecule has 0 rings (SSSR count). The van der Waals surface area contributed by atoms with E-state index in [0.29, 0.717) is 5.47 Å². The molecule has 2 heteroatoms. The molecule has 0 fully saturated rings. The molecule has 0 heterocycles. The number of aliphatic imine (C=N–C) groups is 1. The van der Waals surface area contributed by atoms with Gasteiger partial charge in [-0.25, -0.2) is 0 Å². The van der Waals surface area contributed by atoms with Gasteiger partial charge in [-0.3, -0.25) is 4.99 Å². The minimum Gasteiger partial charge on any atom is -0.293 e. The van der Waals surface area contributed by atoms with E-state index in [1.807, 2.05) is 6.92 Å². The number of nitrogens with zero attached hydrogens (tertiary/aromatic N) is 1. The average Bonchev–Trinajstić information content (AvgIpc) is 1.87. The molecule has 0 N–H and O–H groups in total. The molecule has 0 bridgehead atoms. The van der Waals surface area contributed by atoms with Crippen LogP contribution in [0.5, 0.6) is 0 Å². The second-order valence-electron chi connectivity index (χ2n) is 1.71. The summed E-state index contributed by atoms with van der Waals surface area (Å²) in [6.07, 6.45) is 3.36. The predicted molar refractivity (Wildman–Crippen MR) is 43.1 cm³/mol. The highest BCUT2D eigenvalue weighted by atomic mass is 14.7. The van der Waals surface area contributed by atoms with Gasteiger partial charge in [-0.1, -0.05) is 18.1 Å². The van der Waals surface area contributed by atoms with E-state index in [0.717, 1.165) is 5.71 Å². The fourth-order valence-corrected chi connectivity index (χ4v) is 0.365. The number of hydrogen-bond acceptors (Lipinski definition) is 1. The van der Waals surface area contributed by atoms with E-state index >= 15 is 0 Å². The molecule has 0 aliphatic heterocycles. The lowest BCUT2D eigenvalue weighted by molar-refractivity contribution is 1.43. The first-order valence-electron chi connectivity index (χ1n) is 2.73. The van der Waals surface area contributed by atoms with Crippen LogP contribution in [0.15, 0.2) is 29.2 Å². The second-order valence-corrected chi connectivity index (χ2v) is 1.71. The summed E-state index contributed by atoms with van der Waals surface area (Å²) in [5.74, 6) is 0. The molecule has 0 saturated heterocycles. The monoisotopic (exact) mass is 119 g/mol. The minimum atomic E-state index is 0.651. The fourth-order valence-electron chi connectivity index (χ4n) is 0.365. The summed E-state index contributed by atoms with van der Waals surface area (Å²) < 4.78 is 0. The highest BCUT2D eigenvalue weighted by Gasteiger charge is 1.81. The molecule has 0 aromatic heterocycles. The third-order valence-corrected chi connectivity index (χ3v) is 0.964. The van der Waals surface area contributed by atoms with Gasteiger partial charge in [0.25, 0.3) is 0 Å². The Bertz CT molecular complexity index is 156. The first-order chi connectivity index (χ1) is 4.20. The van der Waals surface area contributed by atoms with Crippen molar-refractivity contribution in [2.75, 3.05) is 7.05 Å². The smallest absolute Gasteiger partial charge is 0.113 e. The van der Waals surface area contributed by atoms with Crippen LogP contribution in [0.1, 0.15) is 6.92 Å². The SMILES string of the molecule is [B]/C(C=C)=C/C(C)=NC. The van der Waals surface area contributed by atoms with E-state index in [1.54, 1.807) is 19.2 Å². The summed E-state index contributed by atoms with van der Waals surface area (Å²) in [7, 11) is 7.14. The lowest BCUT2D eigenvalue weighted by atomic mass is 9.95. The molecular formula is C7H10BN. The van der Waals surface area contributed by atoms with Crippen LogP contribution < -0.4 is 0 Å². The van der Waals surface area contributed by atoms with Crippen LogP contribution in [0, 0.1) is 0 Å². The van der Waals surface area contributed by atoms with Crippen molar-refractivity contribution in [2.45, 2.75) is 6.92 Å². The van der Waals surface area contributed by atoms with Crippen molar-refractivity contribution in [3.63, 3.8) is 0 Å². The van der Waals surface area contributed by atoms with Gasteiger partial charge in [0, 0.05) is 12.8 Å². The summed E-state index contributed by atoms with van der Waals surface area (Å²) >= 11 is 0. The molecule has 0 unspecified atom stereocenters. The van der Waals surface area contributed by atoms with Gasteiger partial charge in [-0.05, 0) is 13.0 Å². The first kappa shape index (κ1) is 8.21. The Morgan fingerprint density at radius 3 is 2.56 bits per heavy atom. The van der Waals surface area contributed by atoms with Gasteiger partial charge in [-0.15, -0.1) is 0 Å². The van der Waals surface area contributed by atoms with Crippen LogP contribution in [0.2, 0.25) is 0 Å². The fraction of sp³-hybridized carbons (Fsp3) is 0.286. The van der Waals surface area contributed by atoms with Crippen molar-refractivity contribution >= 4 is 13.6 Å². The van der Waals surface area contributed by atoms with Crippen molar-refractivity contribution in [1.29, 1.82) is 0 Å². The summed E-state index contributed by atoms with van der Waals surface area (Å²) in [6, 6.07) is 0. The molecule has 0 aliphatic rings. The maximum Gasteiger partial charge on any atom is 0.113 e. The summed E-state index contributed by atoms with van der Waals surface area (Å²) in [5.41, 5.74) is 1.56. The zero-order chi connectivity index (χ0) is 7.28. The molecule has 0 aromatic rings. The maximum atomic E-state index is 5.41. The van der Waals surface area contributed by atoms with Crippen molar-refractivity contribution in [3.8, 4) is 0 Å². The molecule has 0 atom stereocenters. The van der Waals surface area contributed by atoms with E-state index in [-0.39, 0.29) is 0 Å². The van der Waals surface area contributed by atoms with Crippen LogP contribution in [-0.4, -0.2) is 20.6 Å². The Labute approximate surface area is 57.6 Å². The summed E-state index contributed by atoms with van der Waals surface area (Å²) in [5, 5.41) is 0. The third-order valence-electron chi connectivity index (χ3n) is 0.964. The Morgan fingerprint density at radius 2 is 2.22 bits per heavy atom. The number of hydrogen-bond donors (Lipinski definition) is 0. The van der Waals surface area contributed by atoms with Gasteiger partial charge >= 0.3 is 0 Å². The van der Waals surface area contributed by atoms with Gasteiger partial charge in [0.2, 0.25) is 0 Å². The third kappa shape index (κ3) is 3.77. The maximum absolute atomic E-state index is 5.41. The number of allylic oxidation sites excluding steroid dienone is 3. The largest absolute Gasteiger partial charge is 0.293 e. The van der Waals surface area contributed by atoms with E-state index in [1.165, 1.54) is 0 Å². The predicted octanol–water partition coefficient (Wildman–Crippen LogP) is 1.32. The zero-order valence-corrected chi connectivity index (χ0v) is 5.89. The van der Waals surface area contributed by atoms with Crippen molar-refractivity contribution in [3.05, 3.63) is 24.2 Å². The Kier molecular flexibility index (Phi) is 3.77. The highest BCUT2D eigenvalue weighted by Crippen LogP contribution is 1.88. The highest BCUT2D eigenvalue weighted by molar-refractivity contribution is 6.25. The van der Waals surface area contributed by atoms with Crippen molar-refractivity contribution in [1.82, 2.24) is 0 Å². The van der Waals surface area contributed by atoms with E-state index < -0.39 is 0 Å². The van der Waals surface area contributed by atoms with Crippen LogP contribution in [0.25, 0.3) is 0 Å². The van der Waals surface area contributed by atoms with Crippen LogP contribution in [0.4, 0.5) is 0 Å². The van der Waals surface area contributed by atoms with Gasteiger partial charge < -0.3 is 0 Å². The normalized spacial score (nSPS) is 13.6. The lowest BCUT2D eigenvalue weighted by Crippen LogP contribution is -1.86. The Hall–Kier alpha value is -0.785. The van der Waals surface area contributed by atoms with E-state index in [2.05, 4.69) is 11.6 Å². The van der Waals surface area contributed by atoms with Gasteiger partial charge in [-0.2, -0.15) is 0 Å². The Morgan fingerprint density at radius 1 is 1.67 bits per heavy atom. The molecule has 1 nitrogen and oxygen atoms in total. The molecule has 0 spiro atoms.